The average Bonchev–Trinajstić information content (AvgIpc) is 3.63. The molecule has 1 fully saturated rings. The molecule has 186 valence electrons. The number of hydrogen-bond donors (Lipinski definition) is 1. The van der Waals surface area contributed by atoms with Crippen LogP contribution in [-0.4, -0.2) is 19.3 Å². The lowest BCUT2D eigenvalue weighted by Crippen LogP contribution is -2.26. The molecule has 1 aliphatic carbocycles. The Morgan fingerprint density at radius 3 is 2.56 bits per heavy atom. The van der Waals surface area contributed by atoms with Gasteiger partial charge in [-0.3, -0.25) is 14.6 Å². The average molecular weight is 499 g/mol. The van der Waals surface area contributed by atoms with Gasteiger partial charge in [0.1, 0.15) is 11.6 Å². The van der Waals surface area contributed by atoms with E-state index in [9.17, 15) is 27.2 Å². The topological polar surface area (TPSA) is 81.8 Å². The number of nitrogens with zero attached hydrogens (tertiary/aromatic N) is 4. The number of aromatic nitrogens is 4. The minimum Gasteiger partial charge on any atom is -0.361 e. The van der Waals surface area contributed by atoms with E-state index in [4.69, 9.17) is 0 Å². The monoisotopic (exact) mass is 499 g/mol. The van der Waals surface area contributed by atoms with Gasteiger partial charge in [-0.15, -0.1) is 0 Å². The van der Waals surface area contributed by atoms with Crippen molar-refractivity contribution < 1.29 is 17.6 Å². The number of aryl methyl sites for hydroxylation is 1. The molecule has 0 unspecified atom stereocenters. The zero-order valence-corrected chi connectivity index (χ0v) is 19.3. The molecule has 1 aliphatic rings. The molecule has 0 amide bonds. The molecule has 3 atom stereocenters. The van der Waals surface area contributed by atoms with Gasteiger partial charge in [0, 0.05) is 48.4 Å². The van der Waals surface area contributed by atoms with Crippen LogP contribution in [0.2, 0.25) is 0 Å². The van der Waals surface area contributed by atoms with Crippen molar-refractivity contribution in [3.8, 4) is 0 Å². The Balaban J connectivity index is 1.55. The minimum absolute atomic E-state index is 0.00536. The summed E-state index contributed by atoms with van der Waals surface area (Å²) in [4.78, 5) is 29.5. The Morgan fingerprint density at radius 1 is 1.08 bits per heavy atom. The standard InChI is InChI=1S/C25H21F4N5O2/c1-12(15-4-3-5-16(22(15)27)23(28)29)31-24-19-11-34(21(35)8-18(19)25(36)33(2)32-24)20-7-17(20)13-6-14(26)10-30-9-13/h3-6,8-12,17,20,23H,7H2,1-2H3,(H,31,32)/t12-,17-,20+/m1/s1. The van der Waals surface area contributed by atoms with Crippen molar-refractivity contribution in [1.82, 2.24) is 19.3 Å². The van der Waals surface area contributed by atoms with Crippen LogP contribution in [0.5, 0.6) is 0 Å². The summed E-state index contributed by atoms with van der Waals surface area (Å²) in [6, 6.07) is 5.29. The van der Waals surface area contributed by atoms with Crippen LogP contribution in [0.1, 0.15) is 54.5 Å². The van der Waals surface area contributed by atoms with E-state index in [1.165, 1.54) is 42.1 Å². The second kappa shape index (κ2) is 8.89. The van der Waals surface area contributed by atoms with E-state index in [0.717, 1.165) is 16.9 Å². The summed E-state index contributed by atoms with van der Waals surface area (Å²) in [5.74, 6) is -1.44. The van der Waals surface area contributed by atoms with Crippen molar-refractivity contribution >= 4 is 16.6 Å². The van der Waals surface area contributed by atoms with Gasteiger partial charge in [0.25, 0.3) is 17.5 Å². The second-order valence-corrected chi connectivity index (χ2v) is 8.89. The molecule has 3 heterocycles. The van der Waals surface area contributed by atoms with E-state index in [0.29, 0.717) is 17.4 Å². The van der Waals surface area contributed by atoms with Crippen LogP contribution in [-0.2, 0) is 7.05 Å². The van der Waals surface area contributed by atoms with Crippen molar-refractivity contribution in [2.24, 2.45) is 7.05 Å². The van der Waals surface area contributed by atoms with Crippen LogP contribution >= 0.6 is 0 Å². The first-order valence-electron chi connectivity index (χ1n) is 11.2. The molecule has 3 aromatic heterocycles. The van der Waals surface area contributed by atoms with Gasteiger partial charge in [0.2, 0.25) is 0 Å². The molecule has 36 heavy (non-hydrogen) atoms. The number of fused-ring (bicyclic) bond motifs is 1. The number of rotatable bonds is 6. The second-order valence-electron chi connectivity index (χ2n) is 8.89. The smallest absolute Gasteiger partial charge is 0.274 e. The fraction of sp³-hybridized carbons (Fsp3) is 0.280. The highest BCUT2D eigenvalue weighted by atomic mass is 19.3. The molecule has 1 saturated carbocycles. The van der Waals surface area contributed by atoms with Gasteiger partial charge in [0.15, 0.2) is 5.82 Å². The van der Waals surface area contributed by atoms with Crippen molar-refractivity contribution in [2.45, 2.75) is 37.8 Å². The highest BCUT2D eigenvalue weighted by Crippen LogP contribution is 2.50. The van der Waals surface area contributed by atoms with Crippen molar-refractivity contribution in [2.75, 3.05) is 5.32 Å². The van der Waals surface area contributed by atoms with E-state index in [2.05, 4.69) is 15.4 Å². The molecular formula is C25H21F4N5O2. The van der Waals surface area contributed by atoms with E-state index in [1.807, 2.05) is 0 Å². The molecule has 1 N–H and O–H groups in total. The van der Waals surface area contributed by atoms with E-state index < -0.39 is 40.8 Å². The number of halogens is 4. The van der Waals surface area contributed by atoms with Crippen molar-refractivity contribution in [3.05, 3.63) is 98.0 Å². The molecule has 0 aliphatic heterocycles. The SMILES string of the molecule is C[C@@H](Nc1nn(C)c(=O)c2cc(=O)n([C@H]3C[C@@H]3c3cncc(F)c3)cc12)c1cccc(C(F)F)c1F. The van der Waals surface area contributed by atoms with Crippen LogP contribution in [0, 0.1) is 11.6 Å². The van der Waals surface area contributed by atoms with Gasteiger partial charge in [0.05, 0.1) is 23.2 Å². The summed E-state index contributed by atoms with van der Waals surface area (Å²) in [7, 11) is 1.41. The lowest BCUT2D eigenvalue weighted by Gasteiger charge is -2.19. The van der Waals surface area contributed by atoms with Gasteiger partial charge in [-0.2, -0.15) is 5.10 Å². The highest BCUT2D eigenvalue weighted by Gasteiger charge is 2.41. The van der Waals surface area contributed by atoms with Crippen molar-refractivity contribution in [3.63, 3.8) is 0 Å². The Hall–Kier alpha value is -4.02. The quantitative estimate of drug-likeness (QED) is 0.392. The lowest BCUT2D eigenvalue weighted by atomic mass is 10.0. The number of nitrogens with one attached hydrogen (secondary N) is 1. The van der Waals surface area contributed by atoms with Gasteiger partial charge >= 0.3 is 0 Å². The van der Waals surface area contributed by atoms with Gasteiger partial charge in [-0.05, 0) is 25.0 Å². The fourth-order valence-corrected chi connectivity index (χ4v) is 4.54. The Labute approximate surface area is 202 Å². The number of pyridine rings is 2. The zero-order valence-electron chi connectivity index (χ0n) is 19.3. The number of alkyl halides is 2. The molecule has 0 bridgehead atoms. The number of benzene rings is 1. The molecule has 4 aromatic rings. The largest absolute Gasteiger partial charge is 0.361 e. The fourth-order valence-electron chi connectivity index (χ4n) is 4.54. The summed E-state index contributed by atoms with van der Waals surface area (Å²) in [5, 5.41) is 7.67. The summed E-state index contributed by atoms with van der Waals surface area (Å²) < 4.78 is 57.2. The molecule has 7 nitrogen and oxygen atoms in total. The molecule has 5 rings (SSSR count). The maximum atomic E-state index is 14.7. The summed E-state index contributed by atoms with van der Waals surface area (Å²) in [5.41, 5.74) is -0.946. The summed E-state index contributed by atoms with van der Waals surface area (Å²) in [6.45, 7) is 1.58. The lowest BCUT2D eigenvalue weighted by molar-refractivity contribution is 0.146. The first kappa shape index (κ1) is 23.7. The number of anilines is 1. The number of hydrogen-bond acceptors (Lipinski definition) is 5. The Kier molecular flexibility index (Phi) is 5.85. The van der Waals surface area contributed by atoms with Crippen LogP contribution in [0.3, 0.4) is 0 Å². The molecule has 1 aromatic carbocycles. The van der Waals surface area contributed by atoms with Crippen LogP contribution in [0.25, 0.3) is 10.8 Å². The molecule has 0 radical (unpaired) electrons. The molecular weight excluding hydrogens is 478 g/mol. The third-order valence-corrected chi connectivity index (χ3v) is 6.49. The van der Waals surface area contributed by atoms with Crippen molar-refractivity contribution in [1.29, 1.82) is 0 Å². The third kappa shape index (κ3) is 4.14. The minimum atomic E-state index is -2.97. The first-order chi connectivity index (χ1) is 17.2. The highest BCUT2D eigenvalue weighted by molar-refractivity contribution is 5.90. The van der Waals surface area contributed by atoms with Gasteiger partial charge < -0.3 is 9.88 Å². The third-order valence-electron chi connectivity index (χ3n) is 6.49. The van der Waals surface area contributed by atoms with Crippen LogP contribution in [0.15, 0.2) is 58.5 Å². The zero-order chi connectivity index (χ0) is 25.7. The van der Waals surface area contributed by atoms with E-state index in [-0.39, 0.29) is 28.7 Å². The first-order valence-corrected chi connectivity index (χ1v) is 11.2. The van der Waals surface area contributed by atoms with Crippen LogP contribution < -0.4 is 16.4 Å². The Morgan fingerprint density at radius 2 is 1.83 bits per heavy atom. The normalized spacial score (nSPS) is 18.0. The molecule has 0 spiro atoms. The van der Waals surface area contributed by atoms with E-state index >= 15 is 0 Å². The summed E-state index contributed by atoms with van der Waals surface area (Å²) in [6.07, 6.45) is 1.77. The van der Waals surface area contributed by atoms with Gasteiger partial charge in [-0.1, -0.05) is 18.2 Å². The van der Waals surface area contributed by atoms with E-state index in [1.54, 1.807) is 13.1 Å². The predicted molar refractivity (Wildman–Crippen MR) is 125 cm³/mol. The maximum Gasteiger partial charge on any atom is 0.274 e. The Bertz CT molecular complexity index is 1600. The van der Waals surface area contributed by atoms with Crippen LogP contribution in [0.4, 0.5) is 23.4 Å². The maximum absolute atomic E-state index is 14.7. The summed E-state index contributed by atoms with van der Waals surface area (Å²) >= 11 is 0. The predicted octanol–water partition coefficient (Wildman–Crippen LogP) is 4.61. The molecule has 0 saturated heterocycles. The van der Waals surface area contributed by atoms with Gasteiger partial charge in [-0.25, -0.2) is 22.2 Å². The molecule has 11 heteroatoms.